The molecule has 0 bridgehead atoms. The molecule has 0 spiro atoms. The Balaban J connectivity index is 1.60. The molecule has 0 saturated carbocycles. The summed E-state index contributed by atoms with van der Waals surface area (Å²) in [6.45, 7) is 0. The van der Waals surface area contributed by atoms with E-state index in [1.165, 1.54) is 17.0 Å². The summed E-state index contributed by atoms with van der Waals surface area (Å²) in [5, 5.41) is 4.11. The number of carbonyl (C=O) groups is 3. The summed E-state index contributed by atoms with van der Waals surface area (Å²) in [6.07, 6.45) is -0.249. The Morgan fingerprint density at radius 2 is 1.66 bits per heavy atom. The summed E-state index contributed by atoms with van der Waals surface area (Å²) in [7, 11) is 1.50. The van der Waals surface area contributed by atoms with Crippen molar-refractivity contribution in [3.05, 3.63) is 88.9 Å². The summed E-state index contributed by atoms with van der Waals surface area (Å²) >= 11 is 8.91. The number of nitrogens with one attached hydrogen (secondary N) is 2. The van der Waals surface area contributed by atoms with Gasteiger partial charge in [-0.3, -0.25) is 24.7 Å². The van der Waals surface area contributed by atoms with Crippen LogP contribution in [0.5, 0.6) is 5.75 Å². The fourth-order valence-electron chi connectivity index (χ4n) is 3.61. The second kappa shape index (κ2) is 10.7. The molecule has 0 aliphatic carbocycles. The number of ether oxygens (including phenoxy) is 1. The highest BCUT2D eigenvalue weighted by Crippen LogP contribution is 2.28. The second-order valence-corrected chi connectivity index (χ2v) is 8.86. The van der Waals surface area contributed by atoms with E-state index in [0.717, 1.165) is 4.47 Å². The zero-order valence-electron chi connectivity index (χ0n) is 18.6. The number of nitrogens with zero attached hydrogens (tertiary/aromatic N) is 2. The Morgan fingerprint density at radius 3 is 2.34 bits per heavy atom. The minimum atomic E-state index is -1.04. The third-order valence-corrected chi connectivity index (χ3v) is 6.23. The van der Waals surface area contributed by atoms with Crippen molar-refractivity contribution in [2.24, 2.45) is 0 Å². The molecule has 0 radical (unpaired) electrons. The minimum absolute atomic E-state index is 0.0711. The van der Waals surface area contributed by atoms with Crippen molar-refractivity contribution >= 4 is 62.4 Å². The molecular weight excluding hydrogens is 532 g/mol. The van der Waals surface area contributed by atoms with Crippen molar-refractivity contribution in [2.45, 2.75) is 12.5 Å². The van der Waals surface area contributed by atoms with Crippen molar-refractivity contribution < 1.29 is 19.1 Å². The van der Waals surface area contributed by atoms with Gasteiger partial charge in [0.25, 0.3) is 11.8 Å². The van der Waals surface area contributed by atoms with Gasteiger partial charge < -0.3 is 10.1 Å². The molecule has 1 atom stereocenters. The van der Waals surface area contributed by atoms with Gasteiger partial charge in [0.2, 0.25) is 11.0 Å². The first kappa shape index (κ1) is 24.4. The topological polar surface area (TPSA) is 91.0 Å². The highest BCUT2D eigenvalue weighted by atomic mass is 79.9. The van der Waals surface area contributed by atoms with Crippen LogP contribution in [-0.2, 0) is 9.59 Å². The number of methoxy groups -OCH3 is 1. The van der Waals surface area contributed by atoms with Crippen LogP contribution in [0.15, 0.2) is 83.3 Å². The monoisotopic (exact) mass is 552 g/mol. The van der Waals surface area contributed by atoms with E-state index in [1.807, 2.05) is 6.07 Å². The lowest BCUT2D eigenvalue weighted by atomic mass is 10.1. The molecule has 3 aromatic rings. The standard InChI is InChI=1S/C25H21BrN4O4S/c1-34-21-10-6-5-9-19(21)27-22(31)15-20-24(33)29(18-7-3-2-4-8-18)25(35)30(20)28-23(32)16-11-13-17(26)14-12-16/h2-14,20H,15H2,1H3,(H,27,31)(H,28,32). The first-order valence-electron chi connectivity index (χ1n) is 10.6. The number of hydrogen-bond donors (Lipinski definition) is 2. The Hall–Kier alpha value is -3.76. The van der Waals surface area contributed by atoms with Crippen LogP contribution in [0.4, 0.5) is 11.4 Å². The molecule has 2 N–H and O–H groups in total. The number of amides is 3. The number of benzene rings is 3. The first-order valence-corrected chi connectivity index (χ1v) is 11.8. The summed E-state index contributed by atoms with van der Waals surface area (Å²) in [6, 6.07) is 21.5. The SMILES string of the molecule is COc1ccccc1NC(=O)CC1C(=O)N(c2ccccc2)C(=S)N1NC(=O)c1ccc(Br)cc1. The number of para-hydroxylation sites is 3. The molecule has 1 aliphatic rings. The number of rotatable bonds is 7. The Bertz CT molecular complexity index is 1270. The first-order chi connectivity index (χ1) is 16.9. The summed E-state index contributed by atoms with van der Waals surface area (Å²) in [4.78, 5) is 40.6. The van der Waals surface area contributed by atoms with Gasteiger partial charge in [-0.15, -0.1) is 0 Å². The van der Waals surface area contributed by atoms with Crippen molar-refractivity contribution in [1.82, 2.24) is 10.4 Å². The molecule has 4 rings (SSSR count). The van der Waals surface area contributed by atoms with Gasteiger partial charge in [0.15, 0.2) is 0 Å². The maximum Gasteiger partial charge on any atom is 0.269 e. The van der Waals surface area contributed by atoms with E-state index < -0.39 is 23.8 Å². The lowest BCUT2D eigenvalue weighted by Gasteiger charge is -2.24. The van der Waals surface area contributed by atoms with Gasteiger partial charge in [0.1, 0.15) is 11.8 Å². The molecule has 1 saturated heterocycles. The second-order valence-electron chi connectivity index (χ2n) is 7.58. The quantitative estimate of drug-likeness (QED) is 0.428. The van der Waals surface area contributed by atoms with Gasteiger partial charge in [-0.25, -0.2) is 5.01 Å². The highest BCUT2D eigenvalue weighted by molar-refractivity contribution is 9.10. The predicted octanol–water partition coefficient (Wildman–Crippen LogP) is 4.13. The van der Waals surface area contributed by atoms with Crippen molar-refractivity contribution in [3.8, 4) is 5.75 Å². The predicted molar refractivity (Wildman–Crippen MR) is 140 cm³/mol. The van der Waals surface area contributed by atoms with E-state index in [9.17, 15) is 14.4 Å². The Labute approximate surface area is 216 Å². The van der Waals surface area contributed by atoms with Crippen LogP contribution >= 0.6 is 28.1 Å². The molecule has 1 fully saturated rings. The molecule has 1 heterocycles. The van der Waals surface area contributed by atoms with Gasteiger partial charge >= 0.3 is 0 Å². The average molecular weight is 553 g/mol. The summed E-state index contributed by atoms with van der Waals surface area (Å²) in [5.74, 6) is -0.834. The molecular formula is C25H21BrN4O4S. The molecule has 35 heavy (non-hydrogen) atoms. The molecule has 1 aliphatic heterocycles. The number of halogens is 1. The number of thiocarbonyl (C=S) groups is 1. The Kier molecular flexibility index (Phi) is 7.42. The van der Waals surface area contributed by atoms with Crippen LogP contribution in [0.1, 0.15) is 16.8 Å². The molecule has 0 aromatic heterocycles. The van der Waals surface area contributed by atoms with Crippen LogP contribution in [0.25, 0.3) is 0 Å². The van der Waals surface area contributed by atoms with Crippen molar-refractivity contribution in [1.29, 1.82) is 0 Å². The number of hydrogen-bond acceptors (Lipinski definition) is 5. The molecule has 3 aromatic carbocycles. The largest absolute Gasteiger partial charge is 0.495 e. The fourth-order valence-corrected chi connectivity index (χ4v) is 4.25. The van der Waals surface area contributed by atoms with Crippen LogP contribution in [0, 0.1) is 0 Å². The zero-order valence-corrected chi connectivity index (χ0v) is 21.0. The smallest absolute Gasteiger partial charge is 0.269 e. The van der Waals surface area contributed by atoms with Crippen molar-refractivity contribution in [3.63, 3.8) is 0 Å². The molecule has 8 nitrogen and oxygen atoms in total. The molecule has 10 heteroatoms. The lowest BCUT2D eigenvalue weighted by Crippen LogP contribution is -2.49. The van der Waals surface area contributed by atoms with Gasteiger partial charge in [-0.2, -0.15) is 0 Å². The van der Waals surface area contributed by atoms with Crippen LogP contribution in [0.2, 0.25) is 0 Å². The van der Waals surface area contributed by atoms with E-state index in [1.54, 1.807) is 72.8 Å². The van der Waals surface area contributed by atoms with E-state index >= 15 is 0 Å². The van der Waals surface area contributed by atoms with Gasteiger partial charge in [-0.1, -0.05) is 46.3 Å². The summed E-state index contributed by atoms with van der Waals surface area (Å²) in [5.41, 5.74) is 4.09. The zero-order chi connectivity index (χ0) is 24.9. The minimum Gasteiger partial charge on any atom is -0.495 e. The maximum absolute atomic E-state index is 13.4. The average Bonchev–Trinajstić information content (AvgIpc) is 3.09. The van der Waals surface area contributed by atoms with Crippen molar-refractivity contribution in [2.75, 3.05) is 17.3 Å². The van der Waals surface area contributed by atoms with E-state index in [0.29, 0.717) is 22.7 Å². The molecule has 1 unspecified atom stereocenters. The Morgan fingerprint density at radius 1 is 1.00 bits per heavy atom. The molecule has 3 amide bonds. The van der Waals surface area contributed by atoms with E-state index in [2.05, 4.69) is 26.7 Å². The maximum atomic E-state index is 13.4. The van der Waals surface area contributed by atoms with Gasteiger partial charge in [-0.05, 0) is 60.7 Å². The van der Waals surface area contributed by atoms with Crippen LogP contribution in [0.3, 0.4) is 0 Å². The number of carbonyl (C=O) groups excluding carboxylic acids is 3. The highest BCUT2D eigenvalue weighted by Gasteiger charge is 2.45. The third-order valence-electron chi connectivity index (χ3n) is 5.32. The lowest BCUT2D eigenvalue weighted by molar-refractivity contribution is -0.124. The number of hydrazine groups is 1. The van der Waals surface area contributed by atoms with E-state index in [4.69, 9.17) is 17.0 Å². The fraction of sp³-hybridized carbons (Fsp3) is 0.120. The van der Waals surface area contributed by atoms with Crippen LogP contribution in [-0.4, -0.2) is 41.0 Å². The number of anilines is 2. The van der Waals surface area contributed by atoms with Gasteiger partial charge in [0.05, 0.1) is 24.9 Å². The molecule has 178 valence electrons. The third kappa shape index (κ3) is 5.33. The normalized spacial score (nSPS) is 15.2. The summed E-state index contributed by atoms with van der Waals surface area (Å²) < 4.78 is 6.10. The van der Waals surface area contributed by atoms with E-state index in [-0.39, 0.29) is 11.5 Å². The van der Waals surface area contributed by atoms with Gasteiger partial charge in [0, 0.05) is 10.0 Å². The van der Waals surface area contributed by atoms with Crippen LogP contribution < -0.4 is 20.4 Å².